The van der Waals surface area contributed by atoms with Gasteiger partial charge >= 0.3 is 0 Å². The van der Waals surface area contributed by atoms with Crippen LogP contribution in [0.2, 0.25) is 0 Å². The molecule has 1 N–H and O–H groups in total. The third-order valence-electron chi connectivity index (χ3n) is 3.17. The first-order valence-corrected chi connectivity index (χ1v) is 7.10. The molecule has 0 radical (unpaired) electrons. The van der Waals surface area contributed by atoms with Crippen LogP contribution in [-0.2, 0) is 0 Å². The summed E-state index contributed by atoms with van der Waals surface area (Å²) >= 11 is 1.62. The average Bonchev–Trinajstić information content (AvgIpc) is 2.70. The van der Waals surface area contributed by atoms with Crippen molar-refractivity contribution in [1.82, 2.24) is 5.32 Å². The van der Waals surface area contributed by atoms with Gasteiger partial charge in [0.25, 0.3) is 0 Å². The Bertz CT molecular complexity index is 558. The molecule has 4 heteroatoms. The summed E-state index contributed by atoms with van der Waals surface area (Å²) in [5, 5.41) is 3.23. The van der Waals surface area contributed by atoms with Crippen molar-refractivity contribution in [3.63, 3.8) is 0 Å². The second kappa shape index (κ2) is 5.80. The minimum Gasteiger partial charge on any atom is -0.306 e. The largest absolute Gasteiger partial charge is 0.306 e. The predicted octanol–water partition coefficient (Wildman–Crippen LogP) is 4.34. The lowest BCUT2D eigenvalue weighted by atomic mass is 10.0. The van der Waals surface area contributed by atoms with Gasteiger partial charge in [0, 0.05) is 15.3 Å². The number of nitrogens with one attached hydrogen (secondary N) is 1. The van der Waals surface area contributed by atoms with Crippen LogP contribution >= 0.6 is 11.3 Å². The van der Waals surface area contributed by atoms with Crippen molar-refractivity contribution in [2.45, 2.75) is 26.8 Å². The second-order valence-electron chi connectivity index (χ2n) is 4.52. The van der Waals surface area contributed by atoms with Crippen molar-refractivity contribution in [3.05, 3.63) is 56.8 Å². The summed E-state index contributed by atoms with van der Waals surface area (Å²) in [5.41, 5.74) is 1.54. The van der Waals surface area contributed by atoms with Crippen molar-refractivity contribution in [3.8, 4) is 0 Å². The van der Waals surface area contributed by atoms with Gasteiger partial charge in [-0.3, -0.25) is 0 Å². The van der Waals surface area contributed by atoms with Crippen LogP contribution in [-0.4, -0.2) is 6.54 Å². The van der Waals surface area contributed by atoms with E-state index in [1.807, 2.05) is 26.8 Å². The molecule has 2 rings (SSSR count). The number of halogens is 2. The molecule has 0 aliphatic rings. The normalized spacial score (nSPS) is 12.7. The molecule has 0 saturated heterocycles. The maximum Gasteiger partial charge on any atom is 0.163 e. The molecule has 0 bridgehead atoms. The fourth-order valence-corrected chi connectivity index (χ4v) is 3.19. The van der Waals surface area contributed by atoms with Gasteiger partial charge in [-0.2, -0.15) is 0 Å². The number of hydrogen-bond donors (Lipinski definition) is 1. The predicted molar refractivity (Wildman–Crippen MR) is 75.7 cm³/mol. The van der Waals surface area contributed by atoms with Gasteiger partial charge in [-0.05, 0) is 38.1 Å². The zero-order valence-electron chi connectivity index (χ0n) is 11.3. The van der Waals surface area contributed by atoms with Gasteiger partial charge in [0.05, 0.1) is 6.04 Å². The van der Waals surface area contributed by atoms with Crippen LogP contribution in [0.5, 0.6) is 0 Å². The minimum atomic E-state index is -0.801. The first kappa shape index (κ1) is 14.2. The van der Waals surface area contributed by atoms with Crippen molar-refractivity contribution in [2.24, 2.45) is 0 Å². The van der Waals surface area contributed by atoms with Crippen LogP contribution in [0, 0.1) is 25.5 Å². The maximum atomic E-state index is 14.0. The van der Waals surface area contributed by atoms with E-state index in [1.165, 1.54) is 10.4 Å². The van der Waals surface area contributed by atoms with Crippen LogP contribution in [0.3, 0.4) is 0 Å². The highest BCUT2D eigenvalue weighted by Gasteiger charge is 2.21. The molecule has 1 atom stereocenters. The summed E-state index contributed by atoms with van der Waals surface area (Å²) in [6.07, 6.45) is 0. The summed E-state index contributed by atoms with van der Waals surface area (Å²) in [5.74, 6) is -1.57. The van der Waals surface area contributed by atoms with Gasteiger partial charge in [-0.25, -0.2) is 8.78 Å². The molecule has 0 fully saturated rings. The molecule has 0 amide bonds. The van der Waals surface area contributed by atoms with Gasteiger partial charge in [0.1, 0.15) is 0 Å². The summed E-state index contributed by atoms with van der Waals surface area (Å²) in [4.78, 5) is 2.22. The molecule has 2 aromatic rings. The maximum absolute atomic E-state index is 14.0. The fraction of sp³-hybridized carbons (Fsp3) is 0.333. The Labute approximate surface area is 116 Å². The molecule has 1 nitrogen and oxygen atoms in total. The van der Waals surface area contributed by atoms with Crippen LogP contribution in [0.15, 0.2) is 24.3 Å². The second-order valence-corrected chi connectivity index (χ2v) is 5.81. The van der Waals surface area contributed by atoms with Gasteiger partial charge < -0.3 is 5.32 Å². The van der Waals surface area contributed by atoms with Crippen molar-refractivity contribution in [2.75, 3.05) is 6.54 Å². The van der Waals surface area contributed by atoms with Crippen LogP contribution in [0.25, 0.3) is 0 Å². The smallest absolute Gasteiger partial charge is 0.163 e. The van der Waals surface area contributed by atoms with E-state index in [4.69, 9.17) is 0 Å². The standard InChI is InChI=1S/C15H17F2NS/c1-4-18-15(13-8-9(2)10(3)19-13)11-6-5-7-12(16)14(11)17/h5-8,15,18H,4H2,1-3H3. The van der Waals surface area contributed by atoms with E-state index in [2.05, 4.69) is 5.32 Å². The zero-order valence-corrected chi connectivity index (χ0v) is 12.1. The van der Waals surface area contributed by atoms with Gasteiger partial charge in [0.15, 0.2) is 11.6 Å². The minimum absolute atomic E-state index is 0.293. The van der Waals surface area contributed by atoms with Crippen molar-refractivity contribution < 1.29 is 8.78 Å². The van der Waals surface area contributed by atoms with Crippen LogP contribution in [0.4, 0.5) is 8.78 Å². The molecule has 19 heavy (non-hydrogen) atoms. The Morgan fingerprint density at radius 2 is 2.00 bits per heavy atom. The van der Waals surface area contributed by atoms with E-state index in [0.717, 1.165) is 10.9 Å². The Morgan fingerprint density at radius 3 is 2.58 bits per heavy atom. The Balaban J connectivity index is 2.48. The van der Waals surface area contributed by atoms with Crippen molar-refractivity contribution >= 4 is 11.3 Å². The van der Waals surface area contributed by atoms with Crippen LogP contribution in [0.1, 0.15) is 33.8 Å². The Morgan fingerprint density at radius 1 is 1.26 bits per heavy atom. The fourth-order valence-electron chi connectivity index (χ4n) is 2.06. The summed E-state index contributed by atoms with van der Waals surface area (Å²) < 4.78 is 27.3. The average molecular weight is 281 g/mol. The lowest BCUT2D eigenvalue weighted by molar-refractivity contribution is 0.484. The molecule has 1 aromatic carbocycles. The Hall–Kier alpha value is -1.26. The van der Waals surface area contributed by atoms with E-state index < -0.39 is 11.6 Å². The SMILES string of the molecule is CCNC(c1cc(C)c(C)s1)c1cccc(F)c1F. The van der Waals surface area contributed by atoms with Gasteiger partial charge in [-0.15, -0.1) is 11.3 Å². The molecular weight excluding hydrogens is 264 g/mol. The number of thiophene rings is 1. The Kier molecular flexibility index (Phi) is 4.32. The van der Waals surface area contributed by atoms with Gasteiger partial charge in [0.2, 0.25) is 0 Å². The third kappa shape index (κ3) is 2.85. The highest BCUT2D eigenvalue weighted by molar-refractivity contribution is 7.12. The zero-order chi connectivity index (χ0) is 14.0. The quantitative estimate of drug-likeness (QED) is 0.879. The van der Waals surface area contributed by atoms with E-state index >= 15 is 0 Å². The summed E-state index contributed by atoms with van der Waals surface area (Å²) in [6, 6.07) is 6.07. The molecular formula is C15H17F2NS. The lowest BCUT2D eigenvalue weighted by Gasteiger charge is -2.17. The molecule has 102 valence electrons. The van der Waals surface area contributed by atoms with E-state index in [9.17, 15) is 8.78 Å². The number of rotatable bonds is 4. The third-order valence-corrected chi connectivity index (χ3v) is 4.39. The number of aryl methyl sites for hydroxylation is 2. The molecule has 0 saturated carbocycles. The van der Waals surface area contributed by atoms with Crippen molar-refractivity contribution in [1.29, 1.82) is 0 Å². The monoisotopic (exact) mass is 281 g/mol. The van der Waals surface area contributed by atoms with E-state index in [0.29, 0.717) is 12.1 Å². The number of hydrogen-bond acceptors (Lipinski definition) is 2. The molecule has 1 heterocycles. The number of benzene rings is 1. The summed E-state index contributed by atoms with van der Waals surface area (Å²) in [7, 11) is 0. The highest BCUT2D eigenvalue weighted by atomic mass is 32.1. The lowest BCUT2D eigenvalue weighted by Crippen LogP contribution is -2.22. The molecule has 0 aliphatic heterocycles. The van der Waals surface area contributed by atoms with E-state index in [-0.39, 0.29) is 6.04 Å². The van der Waals surface area contributed by atoms with Gasteiger partial charge in [-0.1, -0.05) is 19.1 Å². The van der Waals surface area contributed by atoms with Crippen LogP contribution < -0.4 is 5.32 Å². The first-order valence-electron chi connectivity index (χ1n) is 6.28. The molecule has 1 unspecified atom stereocenters. The highest BCUT2D eigenvalue weighted by Crippen LogP contribution is 2.32. The summed E-state index contributed by atoms with van der Waals surface area (Å²) in [6.45, 7) is 6.71. The molecule has 0 spiro atoms. The molecule has 1 aromatic heterocycles. The topological polar surface area (TPSA) is 12.0 Å². The molecule has 0 aliphatic carbocycles. The van der Waals surface area contributed by atoms with E-state index in [1.54, 1.807) is 23.5 Å². The first-order chi connectivity index (χ1) is 9.04.